The van der Waals surface area contributed by atoms with Gasteiger partial charge in [0.05, 0.1) is 4.92 Å². The molecule has 0 aliphatic carbocycles. The zero-order valence-electron chi connectivity index (χ0n) is 13.0. The first-order valence-electron chi connectivity index (χ1n) is 7.12. The summed E-state index contributed by atoms with van der Waals surface area (Å²) in [6, 6.07) is 13.7. The van der Waals surface area contributed by atoms with E-state index in [4.69, 9.17) is 11.2 Å². The second-order valence-corrected chi connectivity index (χ2v) is 4.87. The smallest absolute Gasteiger partial charge is 0.270 e. The Hall–Kier alpha value is -3.90. The van der Waals surface area contributed by atoms with Crippen molar-refractivity contribution < 1.29 is 14.5 Å². The van der Waals surface area contributed by atoms with Crippen molar-refractivity contribution in [3.63, 3.8) is 0 Å². The summed E-state index contributed by atoms with van der Waals surface area (Å²) in [5.41, 5.74) is 0.357. The van der Waals surface area contributed by atoms with Crippen LogP contribution in [0.4, 0.5) is 5.69 Å². The Balaban J connectivity index is 2.26. The number of carbonyl (C=O) groups is 1. The van der Waals surface area contributed by atoms with Crippen molar-refractivity contribution >= 4 is 17.5 Å². The lowest BCUT2D eigenvalue weighted by molar-refractivity contribution is -0.384. The van der Waals surface area contributed by atoms with Gasteiger partial charge >= 0.3 is 0 Å². The predicted molar refractivity (Wildman–Crippen MR) is 91.8 cm³/mol. The lowest BCUT2D eigenvalue weighted by atomic mass is 10.0. The molecule has 122 valence electrons. The van der Waals surface area contributed by atoms with Crippen molar-refractivity contribution in [2.75, 3.05) is 6.61 Å². The highest BCUT2D eigenvalue weighted by Gasteiger charge is 2.15. The molecular weight excluding hydrogens is 320 g/mol. The molecule has 0 heterocycles. The first kappa shape index (κ1) is 17.5. The summed E-state index contributed by atoms with van der Waals surface area (Å²) < 4.78 is 5.24. The zero-order valence-corrected chi connectivity index (χ0v) is 13.0. The van der Waals surface area contributed by atoms with Crippen LogP contribution >= 0.6 is 0 Å². The van der Waals surface area contributed by atoms with E-state index < -0.39 is 10.7 Å². The van der Waals surface area contributed by atoms with Gasteiger partial charge in [0.1, 0.15) is 24.0 Å². The largest absolute Gasteiger partial charge is 0.481 e. The van der Waals surface area contributed by atoms with Crippen LogP contribution in [0.5, 0.6) is 5.75 Å². The second kappa shape index (κ2) is 8.09. The van der Waals surface area contributed by atoms with Crippen LogP contribution in [0.3, 0.4) is 0 Å². The van der Waals surface area contributed by atoms with E-state index in [1.165, 1.54) is 24.3 Å². The number of hydrogen-bond donors (Lipinski definition) is 0. The van der Waals surface area contributed by atoms with Crippen LogP contribution in [0.25, 0.3) is 6.08 Å². The molecule has 2 aromatic carbocycles. The summed E-state index contributed by atoms with van der Waals surface area (Å²) >= 11 is 0. The monoisotopic (exact) mass is 332 g/mol. The van der Waals surface area contributed by atoms with Crippen molar-refractivity contribution in [2.24, 2.45) is 0 Å². The van der Waals surface area contributed by atoms with Gasteiger partial charge in [-0.05, 0) is 23.8 Å². The number of carbonyl (C=O) groups excluding carboxylic acids is 1. The number of allylic oxidation sites excluding steroid dienone is 1. The maximum Gasteiger partial charge on any atom is 0.270 e. The molecule has 0 N–H and O–H groups in total. The fourth-order valence-electron chi connectivity index (χ4n) is 2.02. The van der Waals surface area contributed by atoms with Gasteiger partial charge in [0.15, 0.2) is 0 Å². The Morgan fingerprint density at radius 3 is 2.60 bits per heavy atom. The Bertz CT molecular complexity index is 916. The number of nitro groups is 1. The number of rotatable bonds is 6. The topological polar surface area (TPSA) is 93.2 Å². The Morgan fingerprint density at radius 2 is 2.00 bits per heavy atom. The molecule has 0 atom stereocenters. The second-order valence-electron chi connectivity index (χ2n) is 4.87. The zero-order chi connectivity index (χ0) is 18.2. The standard InChI is InChI=1S/C19H12N2O4/c1-2-10-25-18-8-6-14(7-9-18)11-16(13-20)19(22)15-4-3-5-17(12-15)21(23)24/h1,3-9,11-12H,10H2/b16-11+. The fourth-order valence-corrected chi connectivity index (χ4v) is 2.02. The van der Waals surface area contributed by atoms with Crippen LogP contribution in [0, 0.1) is 33.8 Å². The number of hydrogen-bond acceptors (Lipinski definition) is 5. The number of nitriles is 1. The molecule has 0 spiro atoms. The van der Waals surface area contributed by atoms with Gasteiger partial charge in [-0.15, -0.1) is 6.42 Å². The molecular formula is C19H12N2O4. The molecule has 0 radical (unpaired) electrons. The Morgan fingerprint density at radius 1 is 1.28 bits per heavy atom. The van der Waals surface area contributed by atoms with Gasteiger partial charge in [-0.1, -0.05) is 30.2 Å². The van der Waals surface area contributed by atoms with Gasteiger partial charge in [0.2, 0.25) is 5.78 Å². The quantitative estimate of drug-likeness (QED) is 0.202. The molecule has 0 amide bonds. The third-order valence-electron chi connectivity index (χ3n) is 3.20. The molecule has 2 rings (SSSR count). The molecule has 6 nitrogen and oxygen atoms in total. The van der Waals surface area contributed by atoms with Gasteiger partial charge in [0.25, 0.3) is 5.69 Å². The third kappa shape index (κ3) is 4.54. The summed E-state index contributed by atoms with van der Waals surface area (Å²) in [6.07, 6.45) is 6.52. The van der Waals surface area contributed by atoms with Gasteiger partial charge in [-0.3, -0.25) is 14.9 Å². The molecule has 0 saturated heterocycles. The summed E-state index contributed by atoms with van der Waals surface area (Å²) in [5, 5.41) is 20.1. The molecule has 0 aliphatic rings. The van der Waals surface area contributed by atoms with Crippen molar-refractivity contribution in [2.45, 2.75) is 0 Å². The van der Waals surface area contributed by atoms with E-state index in [9.17, 15) is 20.2 Å². The van der Waals surface area contributed by atoms with Gasteiger partial charge in [-0.2, -0.15) is 5.26 Å². The van der Waals surface area contributed by atoms with E-state index >= 15 is 0 Å². The number of nitro benzene ring substituents is 1. The summed E-state index contributed by atoms with van der Waals surface area (Å²) in [4.78, 5) is 22.6. The highest BCUT2D eigenvalue weighted by Crippen LogP contribution is 2.19. The van der Waals surface area contributed by atoms with Crippen molar-refractivity contribution in [3.05, 3.63) is 75.3 Å². The number of terminal acetylenes is 1. The van der Waals surface area contributed by atoms with Gasteiger partial charge in [0, 0.05) is 17.7 Å². The van der Waals surface area contributed by atoms with Crippen LogP contribution in [0.2, 0.25) is 0 Å². The minimum atomic E-state index is -0.596. The number of benzene rings is 2. The lowest BCUT2D eigenvalue weighted by Crippen LogP contribution is -2.02. The van der Waals surface area contributed by atoms with Gasteiger partial charge in [-0.25, -0.2) is 0 Å². The van der Waals surface area contributed by atoms with E-state index in [-0.39, 0.29) is 23.4 Å². The van der Waals surface area contributed by atoms with Crippen LogP contribution < -0.4 is 4.74 Å². The average Bonchev–Trinajstić information content (AvgIpc) is 2.65. The number of ketones is 1. The number of ether oxygens (including phenoxy) is 1. The number of non-ortho nitro benzene ring substituents is 1. The molecule has 0 fully saturated rings. The molecule has 0 aromatic heterocycles. The van der Waals surface area contributed by atoms with Crippen molar-refractivity contribution in [1.29, 1.82) is 5.26 Å². The molecule has 0 bridgehead atoms. The van der Waals surface area contributed by atoms with E-state index in [2.05, 4.69) is 5.92 Å². The van der Waals surface area contributed by atoms with Crippen LogP contribution in [0.15, 0.2) is 54.1 Å². The van der Waals surface area contributed by atoms with Crippen LogP contribution in [-0.4, -0.2) is 17.3 Å². The maximum atomic E-state index is 12.4. The Kier molecular flexibility index (Phi) is 5.65. The minimum Gasteiger partial charge on any atom is -0.481 e. The molecule has 25 heavy (non-hydrogen) atoms. The van der Waals surface area contributed by atoms with Gasteiger partial charge < -0.3 is 4.74 Å². The van der Waals surface area contributed by atoms with E-state index in [0.29, 0.717) is 11.3 Å². The van der Waals surface area contributed by atoms with E-state index in [1.54, 1.807) is 24.3 Å². The lowest BCUT2D eigenvalue weighted by Gasteiger charge is -2.03. The molecule has 0 unspecified atom stereocenters. The summed E-state index contributed by atoms with van der Waals surface area (Å²) in [6.45, 7) is 0.143. The third-order valence-corrected chi connectivity index (χ3v) is 3.20. The predicted octanol–water partition coefficient (Wildman–Crippen LogP) is 3.40. The molecule has 6 heteroatoms. The SMILES string of the molecule is C#CCOc1ccc(/C=C(\C#N)C(=O)c2cccc([N+](=O)[O-])c2)cc1. The summed E-state index contributed by atoms with van der Waals surface area (Å²) in [7, 11) is 0. The van der Waals surface area contributed by atoms with E-state index in [0.717, 1.165) is 6.07 Å². The molecule has 2 aromatic rings. The first-order valence-corrected chi connectivity index (χ1v) is 7.12. The van der Waals surface area contributed by atoms with Crippen LogP contribution in [0.1, 0.15) is 15.9 Å². The Labute approximate surface area is 144 Å². The number of Topliss-reactive ketones (excluding diaryl/α,β-unsaturated/α-hetero) is 1. The number of nitrogens with zero attached hydrogens (tertiary/aromatic N) is 2. The first-order chi connectivity index (χ1) is 12.0. The maximum absolute atomic E-state index is 12.4. The summed E-state index contributed by atoms with van der Waals surface area (Å²) in [5.74, 6) is 2.33. The van der Waals surface area contributed by atoms with E-state index in [1.807, 2.05) is 6.07 Å². The highest BCUT2D eigenvalue weighted by molar-refractivity contribution is 6.14. The molecule has 0 aliphatic heterocycles. The average molecular weight is 332 g/mol. The minimum absolute atomic E-state index is 0.0796. The van der Waals surface area contributed by atoms with Crippen molar-refractivity contribution in [1.82, 2.24) is 0 Å². The van der Waals surface area contributed by atoms with Crippen molar-refractivity contribution in [3.8, 4) is 24.2 Å². The van der Waals surface area contributed by atoms with Crippen LogP contribution in [-0.2, 0) is 0 Å². The highest BCUT2D eigenvalue weighted by atomic mass is 16.6. The normalized spacial score (nSPS) is 10.4. The molecule has 0 saturated carbocycles. The fraction of sp³-hybridized carbons (Fsp3) is 0.0526.